The van der Waals surface area contributed by atoms with Crippen LogP contribution < -0.4 is 0 Å². The first-order chi connectivity index (χ1) is 7.88. The molecule has 16 heavy (non-hydrogen) atoms. The molecule has 0 fully saturated rings. The van der Waals surface area contributed by atoms with Crippen LogP contribution in [-0.2, 0) is 4.74 Å². The maximum Gasteiger partial charge on any atom is 0.0859 e. The molecule has 0 saturated carbocycles. The summed E-state index contributed by atoms with van der Waals surface area (Å²) < 4.78 is 5.90. The van der Waals surface area contributed by atoms with E-state index < -0.39 is 0 Å². The van der Waals surface area contributed by atoms with Crippen LogP contribution in [-0.4, -0.2) is 6.61 Å². The molecular formula is C15H22O. The molecule has 0 aliphatic heterocycles. The first kappa shape index (κ1) is 13.0. The average molecular weight is 218 g/mol. The smallest absolute Gasteiger partial charge is 0.0859 e. The number of rotatable bonds is 8. The zero-order valence-corrected chi connectivity index (χ0v) is 10.2. The van der Waals surface area contributed by atoms with Gasteiger partial charge in [-0.05, 0) is 18.4 Å². The number of hydrogen-bond acceptors (Lipinski definition) is 1. The van der Waals surface area contributed by atoms with Gasteiger partial charge in [0, 0.05) is 6.61 Å². The summed E-state index contributed by atoms with van der Waals surface area (Å²) in [6, 6.07) is 10.4. The van der Waals surface area contributed by atoms with Crippen molar-refractivity contribution >= 4 is 0 Å². The monoisotopic (exact) mass is 218 g/mol. The highest BCUT2D eigenvalue weighted by Gasteiger charge is 2.08. The number of ether oxygens (including phenoxy) is 1. The molecule has 88 valence electrons. The van der Waals surface area contributed by atoms with Crippen LogP contribution in [0.15, 0.2) is 43.0 Å². The van der Waals surface area contributed by atoms with Gasteiger partial charge in [-0.1, -0.05) is 56.2 Å². The lowest BCUT2D eigenvalue weighted by atomic mass is 10.1. The Bertz CT molecular complexity index is 279. The minimum Gasteiger partial charge on any atom is -0.373 e. The fourth-order valence-electron chi connectivity index (χ4n) is 1.70. The molecular weight excluding hydrogens is 196 g/mol. The summed E-state index contributed by atoms with van der Waals surface area (Å²) in [4.78, 5) is 0. The molecule has 1 rings (SSSR count). The van der Waals surface area contributed by atoms with Gasteiger partial charge in [-0.25, -0.2) is 0 Å². The summed E-state index contributed by atoms with van der Waals surface area (Å²) >= 11 is 0. The quantitative estimate of drug-likeness (QED) is 0.461. The van der Waals surface area contributed by atoms with Crippen LogP contribution in [0.5, 0.6) is 0 Å². The number of unbranched alkanes of at least 4 members (excludes halogenated alkanes) is 2. The SMILES string of the molecule is C=CCC(OCCCCC)c1ccccc1. The van der Waals surface area contributed by atoms with E-state index in [1.54, 1.807) is 0 Å². The molecule has 1 atom stereocenters. The van der Waals surface area contributed by atoms with Gasteiger partial charge in [-0.2, -0.15) is 0 Å². The van der Waals surface area contributed by atoms with E-state index in [1.807, 2.05) is 12.1 Å². The van der Waals surface area contributed by atoms with E-state index in [0.29, 0.717) is 0 Å². The van der Waals surface area contributed by atoms with E-state index in [0.717, 1.165) is 19.4 Å². The number of hydrogen-bond donors (Lipinski definition) is 0. The van der Waals surface area contributed by atoms with Crippen LogP contribution in [0, 0.1) is 0 Å². The van der Waals surface area contributed by atoms with Crippen molar-refractivity contribution in [3.8, 4) is 0 Å². The van der Waals surface area contributed by atoms with Crippen LogP contribution in [0.2, 0.25) is 0 Å². The highest BCUT2D eigenvalue weighted by molar-refractivity contribution is 5.18. The summed E-state index contributed by atoms with van der Waals surface area (Å²) in [5.41, 5.74) is 1.25. The maximum absolute atomic E-state index is 5.90. The van der Waals surface area contributed by atoms with Gasteiger partial charge in [0.1, 0.15) is 0 Å². The van der Waals surface area contributed by atoms with E-state index in [2.05, 4.69) is 37.8 Å². The highest BCUT2D eigenvalue weighted by Crippen LogP contribution is 2.21. The van der Waals surface area contributed by atoms with Gasteiger partial charge in [-0.3, -0.25) is 0 Å². The Hall–Kier alpha value is -1.08. The molecule has 1 nitrogen and oxygen atoms in total. The van der Waals surface area contributed by atoms with Crippen LogP contribution in [0.3, 0.4) is 0 Å². The topological polar surface area (TPSA) is 9.23 Å². The fraction of sp³-hybridized carbons (Fsp3) is 0.467. The lowest BCUT2D eigenvalue weighted by Gasteiger charge is -2.16. The number of benzene rings is 1. The van der Waals surface area contributed by atoms with Gasteiger partial charge in [0.2, 0.25) is 0 Å². The van der Waals surface area contributed by atoms with E-state index >= 15 is 0 Å². The predicted molar refractivity (Wildman–Crippen MR) is 69.5 cm³/mol. The molecule has 0 aromatic heterocycles. The Labute approximate surface area is 99.1 Å². The van der Waals surface area contributed by atoms with Crippen molar-refractivity contribution in [1.82, 2.24) is 0 Å². The molecule has 1 aromatic carbocycles. The zero-order valence-electron chi connectivity index (χ0n) is 10.2. The van der Waals surface area contributed by atoms with Crippen molar-refractivity contribution in [2.24, 2.45) is 0 Å². The van der Waals surface area contributed by atoms with Crippen LogP contribution >= 0.6 is 0 Å². The third-order valence-electron chi connectivity index (χ3n) is 2.62. The van der Waals surface area contributed by atoms with E-state index in [4.69, 9.17) is 4.74 Å². The van der Waals surface area contributed by atoms with Gasteiger partial charge in [0.15, 0.2) is 0 Å². The third kappa shape index (κ3) is 4.63. The zero-order chi connectivity index (χ0) is 11.6. The molecule has 0 amide bonds. The van der Waals surface area contributed by atoms with E-state index in [1.165, 1.54) is 18.4 Å². The third-order valence-corrected chi connectivity index (χ3v) is 2.62. The minimum atomic E-state index is 0.176. The van der Waals surface area contributed by atoms with E-state index in [-0.39, 0.29) is 6.10 Å². The molecule has 0 N–H and O–H groups in total. The van der Waals surface area contributed by atoms with Gasteiger partial charge >= 0.3 is 0 Å². The van der Waals surface area contributed by atoms with Gasteiger partial charge in [0.25, 0.3) is 0 Å². The molecule has 0 radical (unpaired) electrons. The molecule has 0 saturated heterocycles. The summed E-state index contributed by atoms with van der Waals surface area (Å²) in [6.07, 6.45) is 6.62. The fourth-order valence-corrected chi connectivity index (χ4v) is 1.70. The summed E-state index contributed by atoms with van der Waals surface area (Å²) in [6.45, 7) is 6.85. The normalized spacial score (nSPS) is 12.3. The second-order valence-corrected chi connectivity index (χ2v) is 4.00. The average Bonchev–Trinajstić information content (AvgIpc) is 2.34. The Kier molecular flexibility index (Phi) is 6.59. The maximum atomic E-state index is 5.90. The van der Waals surface area contributed by atoms with Crippen molar-refractivity contribution in [1.29, 1.82) is 0 Å². The predicted octanol–water partition coefficient (Wildman–Crippen LogP) is 4.51. The second kappa shape index (κ2) is 8.12. The first-order valence-electron chi connectivity index (χ1n) is 6.16. The van der Waals surface area contributed by atoms with E-state index in [9.17, 15) is 0 Å². The van der Waals surface area contributed by atoms with Crippen molar-refractivity contribution in [3.05, 3.63) is 48.6 Å². The summed E-state index contributed by atoms with van der Waals surface area (Å²) in [7, 11) is 0. The Morgan fingerprint density at radius 2 is 2.00 bits per heavy atom. The Morgan fingerprint density at radius 1 is 1.25 bits per heavy atom. The molecule has 0 aliphatic carbocycles. The van der Waals surface area contributed by atoms with Gasteiger partial charge in [0.05, 0.1) is 6.10 Å². The lowest BCUT2D eigenvalue weighted by Crippen LogP contribution is -2.04. The molecule has 0 heterocycles. The lowest BCUT2D eigenvalue weighted by molar-refractivity contribution is 0.0521. The molecule has 0 bridgehead atoms. The second-order valence-electron chi connectivity index (χ2n) is 4.00. The van der Waals surface area contributed by atoms with Crippen molar-refractivity contribution in [3.63, 3.8) is 0 Å². The molecule has 0 spiro atoms. The van der Waals surface area contributed by atoms with Crippen LogP contribution in [0.1, 0.15) is 44.3 Å². The largest absolute Gasteiger partial charge is 0.373 e. The van der Waals surface area contributed by atoms with Gasteiger partial charge < -0.3 is 4.74 Å². The van der Waals surface area contributed by atoms with Crippen molar-refractivity contribution < 1.29 is 4.74 Å². The summed E-state index contributed by atoms with van der Waals surface area (Å²) in [5.74, 6) is 0. The summed E-state index contributed by atoms with van der Waals surface area (Å²) in [5, 5.41) is 0. The van der Waals surface area contributed by atoms with Gasteiger partial charge in [-0.15, -0.1) is 6.58 Å². The Balaban J connectivity index is 2.44. The minimum absolute atomic E-state index is 0.176. The molecule has 0 aliphatic rings. The van der Waals surface area contributed by atoms with Crippen LogP contribution in [0.4, 0.5) is 0 Å². The van der Waals surface area contributed by atoms with Crippen molar-refractivity contribution in [2.45, 2.75) is 38.7 Å². The highest BCUT2D eigenvalue weighted by atomic mass is 16.5. The Morgan fingerprint density at radius 3 is 2.62 bits per heavy atom. The van der Waals surface area contributed by atoms with Crippen LogP contribution in [0.25, 0.3) is 0 Å². The molecule has 1 aromatic rings. The standard InChI is InChI=1S/C15H22O/c1-3-5-9-13-16-15(10-4-2)14-11-7-6-8-12-14/h4,6-8,11-12,15H,2-3,5,9-10,13H2,1H3. The first-order valence-corrected chi connectivity index (χ1v) is 6.16. The molecule has 1 heteroatoms. The molecule has 1 unspecified atom stereocenters. The van der Waals surface area contributed by atoms with Crippen molar-refractivity contribution in [2.75, 3.05) is 6.61 Å².